The van der Waals surface area contributed by atoms with Gasteiger partial charge in [-0.25, -0.2) is 0 Å². The molecular weight excluding hydrogens is 164 g/mol. The maximum atomic E-state index is 10.3. The first-order valence-corrected chi connectivity index (χ1v) is 5.02. The van der Waals surface area contributed by atoms with Gasteiger partial charge in [-0.2, -0.15) is 0 Å². The zero-order valence-corrected chi connectivity index (χ0v) is 7.83. The second-order valence-corrected chi connectivity index (χ2v) is 3.84. The van der Waals surface area contributed by atoms with Crippen LogP contribution in [-0.4, -0.2) is 17.3 Å². The largest absolute Gasteiger partial charge is 0.501 e. The van der Waals surface area contributed by atoms with Crippen molar-refractivity contribution in [2.24, 2.45) is 0 Å². The summed E-state index contributed by atoms with van der Waals surface area (Å²) in [6.07, 6.45) is 10.8. The van der Waals surface area contributed by atoms with E-state index in [9.17, 15) is 5.11 Å². The maximum Gasteiger partial charge on any atom is 0.107 e. The van der Waals surface area contributed by atoms with Crippen molar-refractivity contribution >= 4 is 0 Å². The summed E-state index contributed by atoms with van der Waals surface area (Å²) in [5.41, 5.74) is 0.355. The molecule has 0 fully saturated rings. The Morgan fingerprint density at radius 1 is 1.38 bits per heavy atom. The van der Waals surface area contributed by atoms with Gasteiger partial charge < -0.3 is 9.84 Å². The van der Waals surface area contributed by atoms with E-state index in [0.717, 1.165) is 44.3 Å². The van der Waals surface area contributed by atoms with Crippen LogP contribution in [0.3, 0.4) is 0 Å². The fraction of sp³-hybridized carbons (Fsp3) is 0.636. The van der Waals surface area contributed by atoms with Gasteiger partial charge in [0, 0.05) is 0 Å². The molecular formula is C11H16O2. The highest BCUT2D eigenvalue weighted by molar-refractivity contribution is 5.25. The Kier molecular flexibility index (Phi) is 2.40. The van der Waals surface area contributed by atoms with Crippen LogP contribution >= 0.6 is 0 Å². The van der Waals surface area contributed by atoms with Crippen molar-refractivity contribution in [2.75, 3.05) is 6.61 Å². The molecule has 0 bridgehead atoms. The smallest absolute Gasteiger partial charge is 0.107 e. The monoisotopic (exact) mass is 180 g/mol. The summed E-state index contributed by atoms with van der Waals surface area (Å²) >= 11 is 0. The quantitative estimate of drug-likeness (QED) is 0.626. The normalized spacial score (nSPS) is 33.8. The van der Waals surface area contributed by atoms with E-state index in [4.69, 9.17) is 4.74 Å². The maximum absolute atomic E-state index is 10.3. The van der Waals surface area contributed by atoms with Crippen LogP contribution in [0.4, 0.5) is 0 Å². The summed E-state index contributed by atoms with van der Waals surface area (Å²) in [6.45, 7) is 0.795. The Balaban J connectivity index is 2.16. The molecule has 0 saturated carbocycles. The van der Waals surface area contributed by atoms with Crippen molar-refractivity contribution in [2.45, 2.75) is 37.7 Å². The first-order chi connectivity index (χ1) is 6.31. The molecule has 1 N–H and O–H groups in total. The first kappa shape index (κ1) is 8.82. The van der Waals surface area contributed by atoms with E-state index >= 15 is 0 Å². The molecule has 0 radical (unpaired) electrons. The number of hydrogen-bond donors (Lipinski definition) is 1. The zero-order valence-electron chi connectivity index (χ0n) is 7.83. The molecule has 0 aromatic rings. The summed E-state index contributed by atoms with van der Waals surface area (Å²) < 4.78 is 5.24. The standard InChI is InChI=1S/C11H16O2/c12-11(6-2-1-3-7-11)10-5-4-8-13-9-10/h2,6,9,12H,1,3-5,7-8H2. The molecule has 1 aliphatic carbocycles. The fourth-order valence-electron chi connectivity index (χ4n) is 2.00. The lowest BCUT2D eigenvalue weighted by atomic mass is 9.82. The summed E-state index contributed by atoms with van der Waals surface area (Å²) in [5.74, 6) is 0. The molecule has 1 unspecified atom stereocenters. The van der Waals surface area contributed by atoms with Gasteiger partial charge in [0.25, 0.3) is 0 Å². The zero-order chi connectivity index (χ0) is 9.15. The van der Waals surface area contributed by atoms with Crippen LogP contribution in [0.25, 0.3) is 0 Å². The molecule has 0 spiro atoms. The summed E-state index contributed by atoms with van der Waals surface area (Å²) in [4.78, 5) is 0. The second kappa shape index (κ2) is 3.54. The van der Waals surface area contributed by atoms with Gasteiger partial charge in [0.05, 0.1) is 12.9 Å². The molecule has 0 aromatic heterocycles. The third kappa shape index (κ3) is 1.78. The molecule has 1 atom stereocenters. The molecule has 0 aromatic carbocycles. The molecule has 0 saturated heterocycles. The van der Waals surface area contributed by atoms with E-state index in [-0.39, 0.29) is 0 Å². The third-order valence-corrected chi connectivity index (χ3v) is 2.81. The Morgan fingerprint density at radius 3 is 2.92 bits per heavy atom. The van der Waals surface area contributed by atoms with Crippen molar-refractivity contribution < 1.29 is 9.84 Å². The molecule has 13 heavy (non-hydrogen) atoms. The highest BCUT2D eigenvalue weighted by Gasteiger charge is 2.30. The molecule has 1 aliphatic heterocycles. The number of allylic oxidation sites excluding steroid dienone is 1. The van der Waals surface area contributed by atoms with E-state index in [2.05, 4.69) is 6.08 Å². The van der Waals surface area contributed by atoms with Crippen molar-refractivity contribution in [1.29, 1.82) is 0 Å². The van der Waals surface area contributed by atoms with E-state index in [1.54, 1.807) is 6.26 Å². The summed E-state index contributed by atoms with van der Waals surface area (Å²) in [5, 5.41) is 10.3. The van der Waals surface area contributed by atoms with E-state index in [1.165, 1.54) is 0 Å². The van der Waals surface area contributed by atoms with Crippen molar-refractivity contribution in [3.63, 3.8) is 0 Å². The lowest BCUT2D eigenvalue weighted by Crippen LogP contribution is -2.31. The Hall–Kier alpha value is -0.760. The van der Waals surface area contributed by atoms with Gasteiger partial charge >= 0.3 is 0 Å². The third-order valence-electron chi connectivity index (χ3n) is 2.81. The average molecular weight is 180 g/mol. The predicted molar refractivity (Wildman–Crippen MR) is 51.2 cm³/mol. The second-order valence-electron chi connectivity index (χ2n) is 3.84. The average Bonchev–Trinajstić information content (AvgIpc) is 2.20. The van der Waals surface area contributed by atoms with Gasteiger partial charge in [-0.15, -0.1) is 0 Å². The lowest BCUT2D eigenvalue weighted by Gasteiger charge is -2.31. The molecule has 2 nitrogen and oxygen atoms in total. The van der Waals surface area contributed by atoms with Crippen LogP contribution in [0.15, 0.2) is 24.0 Å². The van der Waals surface area contributed by atoms with E-state index in [1.807, 2.05) is 6.08 Å². The Labute approximate surface area is 78.9 Å². The SMILES string of the molecule is OC1(C2=COCCC2)C=CCCC1. The lowest BCUT2D eigenvalue weighted by molar-refractivity contribution is 0.0927. The van der Waals surface area contributed by atoms with Crippen LogP contribution in [0.1, 0.15) is 32.1 Å². The minimum absolute atomic E-state index is 0.696. The highest BCUT2D eigenvalue weighted by atomic mass is 16.5. The number of aliphatic hydroxyl groups is 1. The number of hydrogen-bond acceptors (Lipinski definition) is 2. The fourth-order valence-corrected chi connectivity index (χ4v) is 2.00. The van der Waals surface area contributed by atoms with Crippen LogP contribution in [-0.2, 0) is 4.74 Å². The van der Waals surface area contributed by atoms with Crippen LogP contribution in [0.5, 0.6) is 0 Å². The highest BCUT2D eigenvalue weighted by Crippen LogP contribution is 2.33. The van der Waals surface area contributed by atoms with E-state index < -0.39 is 5.60 Å². The molecule has 2 aliphatic rings. The van der Waals surface area contributed by atoms with E-state index in [0.29, 0.717) is 0 Å². The predicted octanol–water partition coefficient (Wildman–Crippen LogP) is 2.15. The van der Waals surface area contributed by atoms with Crippen molar-refractivity contribution in [1.82, 2.24) is 0 Å². The number of ether oxygens (including phenoxy) is 1. The van der Waals surface area contributed by atoms with Crippen molar-refractivity contribution in [3.05, 3.63) is 24.0 Å². The van der Waals surface area contributed by atoms with Crippen molar-refractivity contribution in [3.8, 4) is 0 Å². The topological polar surface area (TPSA) is 29.5 Å². The van der Waals surface area contributed by atoms with Gasteiger partial charge in [0.15, 0.2) is 0 Å². The van der Waals surface area contributed by atoms with Crippen LogP contribution in [0, 0.1) is 0 Å². The molecule has 72 valence electrons. The Morgan fingerprint density at radius 2 is 2.31 bits per heavy atom. The van der Waals surface area contributed by atoms with Gasteiger partial charge in [0.1, 0.15) is 5.60 Å². The van der Waals surface area contributed by atoms with Gasteiger partial charge in [-0.3, -0.25) is 0 Å². The van der Waals surface area contributed by atoms with Crippen LogP contribution in [0.2, 0.25) is 0 Å². The van der Waals surface area contributed by atoms with Gasteiger partial charge in [-0.05, 0) is 37.7 Å². The Bertz CT molecular complexity index is 242. The molecule has 1 heterocycles. The molecule has 0 amide bonds. The minimum atomic E-state index is -0.696. The first-order valence-electron chi connectivity index (χ1n) is 5.02. The number of rotatable bonds is 1. The molecule has 2 rings (SSSR count). The van der Waals surface area contributed by atoms with Crippen LogP contribution < -0.4 is 0 Å². The minimum Gasteiger partial charge on any atom is -0.501 e. The summed E-state index contributed by atoms with van der Waals surface area (Å²) in [6, 6.07) is 0. The molecule has 2 heteroatoms. The van der Waals surface area contributed by atoms with Gasteiger partial charge in [0.2, 0.25) is 0 Å². The summed E-state index contributed by atoms with van der Waals surface area (Å²) in [7, 11) is 0. The van der Waals surface area contributed by atoms with Gasteiger partial charge in [-0.1, -0.05) is 12.2 Å².